The SMILES string of the molecule is COc1ccc2nc(C)ccc2c1NC1=C(C#N)C(=O)CS1. The molecular formula is C16H13N3O2S. The molecule has 0 saturated carbocycles. The smallest absolute Gasteiger partial charge is 0.186 e. The Labute approximate surface area is 132 Å². The Morgan fingerprint density at radius 3 is 2.91 bits per heavy atom. The number of carbonyl (C=O) groups excluding carboxylic acids is 1. The number of hydrogen-bond donors (Lipinski definition) is 1. The highest BCUT2D eigenvalue weighted by molar-refractivity contribution is 8.04. The van der Waals surface area contributed by atoms with Gasteiger partial charge in [-0.05, 0) is 31.2 Å². The maximum atomic E-state index is 11.7. The van der Waals surface area contributed by atoms with Crippen LogP contribution in [0, 0.1) is 18.3 Å². The molecule has 0 fully saturated rings. The number of benzene rings is 1. The molecule has 2 heterocycles. The van der Waals surface area contributed by atoms with Crippen molar-refractivity contribution in [3.63, 3.8) is 0 Å². The topological polar surface area (TPSA) is 75.0 Å². The summed E-state index contributed by atoms with van der Waals surface area (Å²) >= 11 is 1.33. The van der Waals surface area contributed by atoms with E-state index in [2.05, 4.69) is 10.3 Å². The lowest BCUT2D eigenvalue weighted by Gasteiger charge is -2.14. The first kappa shape index (κ1) is 14.4. The maximum Gasteiger partial charge on any atom is 0.186 e. The van der Waals surface area contributed by atoms with Crippen LogP contribution in [-0.4, -0.2) is 23.6 Å². The van der Waals surface area contributed by atoms with Crippen molar-refractivity contribution in [3.8, 4) is 11.8 Å². The van der Waals surface area contributed by atoms with Crippen molar-refractivity contribution >= 4 is 34.1 Å². The number of methoxy groups -OCH3 is 1. The molecule has 0 aliphatic carbocycles. The van der Waals surface area contributed by atoms with Gasteiger partial charge >= 0.3 is 0 Å². The average molecular weight is 311 g/mol. The number of anilines is 1. The summed E-state index contributed by atoms with van der Waals surface area (Å²) in [6.07, 6.45) is 0. The minimum atomic E-state index is -0.150. The van der Waals surface area contributed by atoms with Gasteiger partial charge in [0.15, 0.2) is 5.78 Å². The van der Waals surface area contributed by atoms with Crippen molar-refractivity contribution < 1.29 is 9.53 Å². The Morgan fingerprint density at radius 2 is 2.18 bits per heavy atom. The van der Waals surface area contributed by atoms with Crippen LogP contribution in [0.25, 0.3) is 10.9 Å². The first-order valence-electron chi connectivity index (χ1n) is 6.66. The Balaban J connectivity index is 2.15. The van der Waals surface area contributed by atoms with Crippen LogP contribution in [0.3, 0.4) is 0 Å². The number of hydrogen-bond acceptors (Lipinski definition) is 6. The van der Waals surface area contributed by atoms with E-state index in [1.807, 2.05) is 37.3 Å². The molecule has 1 aromatic carbocycles. The fraction of sp³-hybridized carbons (Fsp3) is 0.188. The van der Waals surface area contributed by atoms with Crippen LogP contribution in [0.2, 0.25) is 0 Å². The molecule has 6 heteroatoms. The molecule has 1 aliphatic heterocycles. The average Bonchev–Trinajstić information content (AvgIpc) is 2.87. The van der Waals surface area contributed by atoms with E-state index in [0.29, 0.717) is 10.8 Å². The highest BCUT2D eigenvalue weighted by Crippen LogP contribution is 2.37. The van der Waals surface area contributed by atoms with Crippen LogP contribution in [-0.2, 0) is 4.79 Å². The number of thioether (sulfide) groups is 1. The molecule has 0 bridgehead atoms. The van der Waals surface area contributed by atoms with Gasteiger partial charge in [-0.3, -0.25) is 9.78 Å². The van der Waals surface area contributed by atoms with Crippen LogP contribution in [0.4, 0.5) is 5.69 Å². The fourth-order valence-electron chi connectivity index (χ4n) is 2.32. The Kier molecular flexibility index (Phi) is 3.73. The molecule has 1 N–H and O–H groups in total. The first-order chi connectivity index (χ1) is 10.6. The summed E-state index contributed by atoms with van der Waals surface area (Å²) in [7, 11) is 1.58. The zero-order chi connectivity index (χ0) is 15.7. The van der Waals surface area contributed by atoms with E-state index >= 15 is 0 Å². The molecule has 2 aromatic rings. The van der Waals surface area contributed by atoms with Crippen LogP contribution >= 0.6 is 11.8 Å². The summed E-state index contributed by atoms with van der Waals surface area (Å²) in [6, 6.07) is 9.55. The third kappa shape index (κ3) is 2.40. The van der Waals surface area contributed by atoms with Gasteiger partial charge in [-0.25, -0.2) is 0 Å². The van der Waals surface area contributed by atoms with Gasteiger partial charge < -0.3 is 10.1 Å². The van der Waals surface area contributed by atoms with Crippen molar-refractivity contribution in [1.82, 2.24) is 4.98 Å². The quantitative estimate of drug-likeness (QED) is 0.939. The van der Waals surface area contributed by atoms with Gasteiger partial charge in [-0.15, -0.1) is 0 Å². The summed E-state index contributed by atoms with van der Waals surface area (Å²) in [5, 5.41) is 13.8. The highest BCUT2D eigenvalue weighted by Gasteiger charge is 2.25. The molecule has 22 heavy (non-hydrogen) atoms. The number of allylic oxidation sites excluding steroid dienone is 1. The predicted octanol–water partition coefficient (Wildman–Crippen LogP) is 3.01. The minimum Gasteiger partial charge on any atom is -0.495 e. The number of pyridine rings is 1. The van der Waals surface area contributed by atoms with Crippen molar-refractivity contribution in [1.29, 1.82) is 5.26 Å². The number of carbonyl (C=O) groups is 1. The second-order valence-corrected chi connectivity index (χ2v) is 5.80. The van der Waals surface area contributed by atoms with Crippen LogP contribution in [0.15, 0.2) is 34.9 Å². The predicted molar refractivity (Wildman–Crippen MR) is 86.8 cm³/mol. The van der Waals surface area contributed by atoms with E-state index in [9.17, 15) is 4.79 Å². The van der Waals surface area contributed by atoms with Crippen molar-refractivity contribution in [2.45, 2.75) is 6.92 Å². The summed E-state index contributed by atoms with van der Waals surface area (Å²) in [5.74, 6) is 0.779. The number of rotatable bonds is 3. The Morgan fingerprint density at radius 1 is 1.36 bits per heavy atom. The molecule has 1 aliphatic rings. The second-order valence-electron chi connectivity index (χ2n) is 4.81. The molecule has 110 valence electrons. The summed E-state index contributed by atoms with van der Waals surface area (Å²) in [4.78, 5) is 16.2. The van der Waals surface area contributed by atoms with Crippen LogP contribution < -0.4 is 10.1 Å². The number of aromatic nitrogens is 1. The third-order valence-electron chi connectivity index (χ3n) is 3.40. The van der Waals surface area contributed by atoms with E-state index in [0.717, 1.165) is 22.3 Å². The number of nitrogens with one attached hydrogen (secondary N) is 1. The lowest BCUT2D eigenvalue weighted by atomic mass is 10.1. The molecule has 5 nitrogen and oxygen atoms in total. The summed E-state index contributed by atoms with van der Waals surface area (Å²) in [5.41, 5.74) is 2.64. The second kappa shape index (κ2) is 5.70. The molecule has 0 atom stereocenters. The van der Waals surface area contributed by atoms with Crippen molar-refractivity contribution in [2.24, 2.45) is 0 Å². The van der Waals surface area contributed by atoms with Gasteiger partial charge in [0.1, 0.15) is 17.4 Å². The molecule has 0 saturated heterocycles. The maximum absolute atomic E-state index is 11.7. The third-order valence-corrected chi connectivity index (χ3v) is 4.40. The van der Waals surface area contributed by atoms with E-state index in [-0.39, 0.29) is 17.1 Å². The van der Waals surface area contributed by atoms with Gasteiger partial charge in [-0.1, -0.05) is 11.8 Å². The molecule has 0 amide bonds. The number of fused-ring (bicyclic) bond motifs is 1. The lowest BCUT2D eigenvalue weighted by Crippen LogP contribution is -2.02. The zero-order valence-electron chi connectivity index (χ0n) is 12.1. The molecular weight excluding hydrogens is 298 g/mol. The van der Waals surface area contributed by atoms with E-state index in [4.69, 9.17) is 10.00 Å². The van der Waals surface area contributed by atoms with Gasteiger partial charge in [-0.2, -0.15) is 5.26 Å². The summed E-state index contributed by atoms with van der Waals surface area (Å²) < 4.78 is 5.40. The zero-order valence-corrected chi connectivity index (χ0v) is 13.0. The standard InChI is InChI=1S/C16H13N3O2S/c1-9-3-4-10-12(18-9)5-6-14(21-2)15(10)19-16-11(7-17)13(20)8-22-16/h3-6,19H,8H2,1-2H3. The van der Waals surface area contributed by atoms with Gasteiger partial charge in [0.05, 0.1) is 29.1 Å². The highest BCUT2D eigenvalue weighted by atomic mass is 32.2. The van der Waals surface area contributed by atoms with E-state index in [1.165, 1.54) is 11.8 Å². The Hall–Kier alpha value is -2.52. The Bertz CT molecular complexity index is 852. The fourth-order valence-corrected chi connectivity index (χ4v) is 3.22. The molecule has 1 aromatic heterocycles. The molecule has 0 spiro atoms. The van der Waals surface area contributed by atoms with Crippen LogP contribution in [0.5, 0.6) is 5.75 Å². The lowest BCUT2D eigenvalue weighted by molar-refractivity contribution is -0.112. The van der Waals surface area contributed by atoms with Crippen LogP contribution in [0.1, 0.15) is 5.69 Å². The van der Waals surface area contributed by atoms with Gasteiger partial charge in [0.2, 0.25) is 0 Å². The molecule has 0 unspecified atom stereocenters. The van der Waals surface area contributed by atoms with E-state index < -0.39 is 0 Å². The van der Waals surface area contributed by atoms with Crippen molar-refractivity contribution in [3.05, 3.63) is 40.6 Å². The summed E-state index contributed by atoms with van der Waals surface area (Å²) in [6.45, 7) is 1.93. The normalized spacial score (nSPS) is 14.3. The number of ketones is 1. The number of nitriles is 1. The number of aryl methyl sites for hydroxylation is 1. The molecule has 3 rings (SSSR count). The van der Waals surface area contributed by atoms with Gasteiger partial charge in [0.25, 0.3) is 0 Å². The monoisotopic (exact) mass is 311 g/mol. The molecule has 0 radical (unpaired) electrons. The van der Waals surface area contributed by atoms with Crippen molar-refractivity contribution in [2.75, 3.05) is 18.2 Å². The minimum absolute atomic E-state index is 0.150. The van der Waals surface area contributed by atoms with Gasteiger partial charge in [0, 0.05) is 11.1 Å². The number of ether oxygens (including phenoxy) is 1. The number of Topliss-reactive ketones (excluding diaryl/α,β-unsaturated/α-hetero) is 1. The largest absolute Gasteiger partial charge is 0.495 e. The van der Waals surface area contributed by atoms with E-state index in [1.54, 1.807) is 7.11 Å². The first-order valence-corrected chi connectivity index (χ1v) is 7.64. The number of nitrogens with zero attached hydrogens (tertiary/aromatic N) is 2.